The van der Waals surface area contributed by atoms with Crippen LogP contribution in [0.4, 0.5) is 0 Å². The Kier molecular flexibility index (Phi) is 5.32. The van der Waals surface area contributed by atoms with E-state index < -0.39 is 0 Å². The van der Waals surface area contributed by atoms with Crippen molar-refractivity contribution in [1.82, 2.24) is 20.8 Å². The van der Waals surface area contributed by atoms with Crippen LogP contribution >= 0.6 is 0 Å². The van der Waals surface area contributed by atoms with Crippen molar-refractivity contribution in [2.24, 2.45) is 0 Å². The summed E-state index contributed by atoms with van der Waals surface area (Å²) in [5, 5.41) is 13.2. The maximum Gasteiger partial charge on any atom is 0.272 e. The van der Waals surface area contributed by atoms with Gasteiger partial charge in [0.1, 0.15) is 23.8 Å². The lowest BCUT2D eigenvalue weighted by molar-refractivity contribution is 0.0925. The first-order chi connectivity index (χ1) is 11.7. The van der Waals surface area contributed by atoms with E-state index in [0.717, 1.165) is 37.4 Å². The largest absolute Gasteiger partial charge is 0.497 e. The Bertz CT molecular complexity index is 680. The molecule has 0 saturated carbocycles. The zero-order chi connectivity index (χ0) is 16.8. The molecule has 1 amide bonds. The fourth-order valence-corrected chi connectivity index (χ4v) is 2.64. The number of hydrogen-bond donors (Lipinski definition) is 3. The van der Waals surface area contributed by atoms with Crippen molar-refractivity contribution < 1.29 is 14.3 Å². The van der Waals surface area contributed by atoms with E-state index in [0.29, 0.717) is 18.1 Å². The fourth-order valence-electron chi connectivity index (χ4n) is 2.64. The van der Waals surface area contributed by atoms with E-state index in [4.69, 9.17) is 9.47 Å². The summed E-state index contributed by atoms with van der Waals surface area (Å²) in [5.74, 6) is 1.27. The van der Waals surface area contributed by atoms with Crippen LogP contribution in [-0.2, 0) is 6.61 Å². The second kappa shape index (κ2) is 7.83. The molecule has 2 heterocycles. The van der Waals surface area contributed by atoms with Crippen molar-refractivity contribution in [2.45, 2.75) is 25.5 Å². The van der Waals surface area contributed by atoms with Crippen LogP contribution < -0.4 is 20.1 Å². The minimum Gasteiger partial charge on any atom is -0.497 e. The predicted octanol–water partition coefficient (Wildman–Crippen LogP) is 1.48. The first kappa shape index (κ1) is 16.3. The van der Waals surface area contributed by atoms with Gasteiger partial charge in [-0.3, -0.25) is 9.89 Å². The summed E-state index contributed by atoms with van der Waals surface area (Å²) in [6, 6.07) is 9.25. The Morgan fingerprint density at radius 2 is 2.25 bits per heavy atom. The molecule has 1 unspecified atom stereocenters. The molecule has 1 aliphatic rings. The van der Waals surface area contributed by atoms with Crippen molar-refractivity contribution in [2.75, 3.05) is 20.2 Å². The van der Waals surface area contributed by atoms with Crippen LogP contribution in [0.5, 0.6) is 11.5 Å². The monoisotopic (exact) mass is 330 g/mol. The van der Waals surface area contributed by atoms with Crippen molar-refractivity contribution >= 4 is 5.91 Å². The molecule has 1 saturated heterocycles. The van der Waals surface area contributed by atoms with Gasteiger partial charge in [-0.1, -0.05) is 6.07 Å². The second-order valence-electron chi connectivity index (χ2n) is 5.76. The third-order valence-electron chi connectivity index (χ3n) is 3.93. The highest BCUT2D eigenvalue weighted by Gasteiger charge is 2.18. The third kappa shape index (κ3) is 4.26. The summed E-state index contributed by atoms with van der Waals surface area (Å²) in [6.07, 6.45) is 2.07. The number of aromatic nitrogens is 2. The maximum atomic E-state index is 12.2. The topological polar surface area (TPSA) is 88.3 Å². The number of carbonyl (C=O) groups excluding carboxylic acids is 1. The van der Waals surface area contributed by atoms with E-state index in [1.54, 1.807) is 19.2 Å². The highest BCUT2D eigenvalue weighted by Crippen LogP contribution is 2.19. The molecule has 3 rings (SSSR count). The minimum atomic E-state index is -0.160. The molecule has 0 aliphatic carbocycles. The number of H-pyrrole nitrogens is 1. The highest BCUT2D eigenvalue weighted by molar-refractivity contribution is 5.92. The molecule has 1 aliphatic heterocycles. The summed E-state index contributed by atoms with van der Waals surface area (Å²) in [6.45, 7) is 2.13. The molecular formula is C17H22N4O3. The van der Waals surface area contributed by atoms with E-state index in [9.17, 15) is 4.79 Å². The summed E-state index contributed by atoms with van der Waals surface area (Å²) in [7, 11) is 1.61. The lowest BCUT2D eigenvalue weighted by Gasteiger charge is -2.23. The van der Waals surface area contributed by atoms with Crippen molar-refractivity contribution in [1.29, 1.82) is 0 Å². The Balaban J connectivity index is 1.53. The van der Waals surface area contributed by atoms with Gasteiger partial charge in [-0.15, -0.1) is 0 Å². The first-order valence-electron chi connectivity index (χ1n) is 8.07. The average molecular weight is 330 g/mol. The lowest BCUT2D eigenvalue weighted by Crippen LogP contribution is -2.45. The summed E-state index contributed by atoms with van der Waals surface area (Å²) >= 11 is 0. The number of ether oxygens (including phenoxy) is 2. The Labute approximate surface area is 140 Å². The molecule has 128 valence electrons. The SMILES string of the molecule is COc1cccc(OCc2cc(C(=O)NC3CCCNC3)n[nH]2)c1. The number of benzene rings is 1. The summed E-state index contributed by atoms with van der Waals surface area (Å²) < 4.78 is 10.8. The molecule has 0 spiro atoms. The molecule has 0 bridgehead atoms. The fraction of sp³-hybridized carbons (Fsp3) is 0.412. The van der Waals surface area contributed by atoms with Gasteiger partial charge < -0.3 is 20.1 Å². The van der Waals surface area contributed by atoms with Gasteiger partial charge in [-0.05, 0) is 37.6 Å². The van der Waals surface area contributed by atoms with Crippen LogP contribution in [0.25, 0.3) is 0 Å². The molecule has 2 aromatic rings. The van der Waals surface area contributed by atoms with Gasteiger partial charge in [-0.2, -0.15) is 5.10 Å². The smallest absolute Gasteiger partial charge is 0.272 e. The van der Waals surface area contributed by atoms with Crippen LogP contribution in [0.2, 0.25) is 0 Å². The second-order valence-corrected chi connectivity index (χ2v) is 5.76. The number of piperidine rings is 1. The Morgan fingerprint density at radius 3 is 3.04 bits per heavy atom. The first-order valence-corrected chi connectivity index (χ1v) is 8.07. The highest BCUT2D eigenvalue weighted by atomic mass is 16.5. The molecule has 0 radical (unpaired) electrons. The number of methoxy groups -OCH3 is 1. The van der Waals surface area contributed by atoms with Crippen LogP contribution in [0.15, 0.2) is 30.3 Å². The number of carbonyl (C=O) groups is 1. The van der Waals surface area contributed by atoms with Crippen molar-refractivity contribution in [3.63, 3.8) is 0 Å². The Morgan fingerprint density at radius 1 is 1.38 bits per heavy atom. The van der Waals surface area contributed by atoms with Gasteiger partial charge in [0.25, 0.3) is 5.91 Å². The van der Waals surface area contributed by atoms with E-state index in [2.05, 4.69) is 20.8 Å². The van der Waals surface area contributed by atoms with Crippen LogP contribution in [0.1, 0.15) is 29.0 Å². The molecule has 1 atom stereocenters. The van der Waals surface area contributed by atoms with Crippen molar-refractivity contribution in [3.05, 3.63) is 41.7 Å². The summed E-state index contributed by atoms with van der Waals surface area (Å²) in [4.78, 5) is 12.2. The Hall–Kier alpha value is -2.54. The van der Waals surface area contributed by atoms with E-state index in [1.165, 1.54) is 0 Å². The molecular weight excluding hydrogens is 308 g/mol. The van der Waals surface area contributed by atoms with E-state index >= 15 is 0 Å². The third-order valence-corrected chi connectivity index (χ3v) is 3.93. The molecule has 24 heavy (non-hydrogen) atoms. The molecule has 1 fully saturated rings. The van der Waals surface area contributed by atoms with Gasteiger partial charge >= 0.3 is 0 Å². The quantitative estimate of drug-likeness (QED) is 0.747. The normalized spacial score (nSPS) is 17.3. The predicted molar refractivity (Wildman–Crippen MR) is 89.3 cm³/mol. The van der Waals surface area contributed by atoms with Gasteiger partial charge in [0, 0.05) is 18.7 Å². The number of rotatable bonds is 6. The number of amides is 1. The van der Waals surface area contributed by atoms with Gasteiger partial charge in [0.05, 0.1) is 12.8 Å². The van der Waals surface area contributed by atoms with Crippen molar-refractivity contribution in [3.8, 4) is 11.5 Å². The van der Waals surface area contributed by atoms with Gasteiger partial charge in [0.2, 0.25) is 0 Å². The number of nitrogens with one attached hydrogen (secondary N) is 3. The average Bonchev–Trinajstić information content (AvgIpc) is 3.10. The standard InChI is InChI=1S/C17H22N4O3/c1-23-14-5-2-6-15(9-14)24-11-13-8-16(21-20-13)17(22)19-12-4-3-7-18-10-12/h2,5-6,8-9,12,18H,3-4,7,10-11H2,1H3,(H,19,22)(H,20,21). The maximum absolute atomic E-state index is 12.2. The van der Waals surface area contributed by atoms with Gasteiger partial charge in [0.15, 0.2) is 0 Å². The zero-order valence-electron chi connectivity index (χ0n) is 13.7. The van der Waals surface area contributed by atoms with Crippen LogP contribution in [0.3, 0.4) is 0 Å². The molecule has 1 aromatic heterocycles. The van der Waals surface area contributed by atoms with Crippen LogP contribution in [-0.4, -0.2) is 42.3 Å². The van der Waals surface area contributed by atoms with E-state index in [-0.39, 0.29) is 11.9 Å². The number of aromatic amines is 1. The van der Waals surface area contributed by atoms with Crippen LogP contribution in [0, 0.1) is 0 Å². The molecule has 7 nitrogen and oxygen atoms in total. The number of nitrogens with zero attached hydrogens (tertiary/aromatic N) is 1. The minimum absolute atomic E-state index is 0.160. The summed E-state index contributed by atoms with van der Waals surface area (Å²) in [5.41, 5.74) is 1.12. The lowest BCUT2D eigenvalue weighted by atomic mass is 10.1. The molecule has 3 N–H and O–H groups in total. The number of hydrogen-bond acceptors (Lipinski definition) is 5. The molecule has 1 aromatic carbocycles. The zero-order valence-corrected chi connectivity index (χ0v) is 13.7. The van der Waals surface area contributed by atoms with E-state index in [1.807, 2.05) is 18.2 Å². The van der Waals surface area contributed by atoms with Gasteiger partial charge in [-0.25, -0.2) is 0 Å². The molecule has 7 heteroatoms.